The van der Waals surface area contributed by atoms with Gasteiger partial charge in [0.2, 0.25) is 5.91 Å². The summed E-state index contributed by atoms with van der Waals surface area (Å²) in [7, 11) is 0. The molecule has 32 heavy (non-hydrogen) atoms. The van der Waals surface area contributed by atoms with Gasteiger partial charge in [0, 0.05) is 18.7 Å². The van der Waals surface area contributed by atoms with E-state index < -0.39 is 12.0 Å². The Morgan fingerprint density at radius 1 is 1.25 bits per heavy atom. The van der Waals surface area contributed by atoms with Gasteiger partial charge in [-0.25, -0.2) is 0 Å². The zero-order valence-corrected chi connectivity index (χ0v) is 19.8. The summed E-state index contributed by atoms with van der Waals surface area (Å²) < 4.78 is 11.0. The van der Waals surface area contributed by atoms with Crippen LogP contribution in [0.5, 0.6) is 5.75 Å². The number of hydrogen-bond donors (Lipinski definition) is 2. The summed E-state index contributed by atoms with van der Waals surface area (Å²) in [4.78, 5) is 38.8. The molecule has 1 aromatic carbocycles. The van der Waals surface area contributed by atoms with Gasteiger partial charge in [-0.2, -0.15) is 0 Å². The van der Waals surface area contributed by atoms with E-state index in [1.807, 2.05) is 6.92 Å². The highest BCUT2D eigenvalue weighted by Gasteiger charge is 2.34. The Bertz CT molecular complexity index is 799. The third-order valence-corrected chi connectivity index (χ3v) is 5.55. The van der Waals surface area contributed by atoms with Gasteiger partial charge >= 0.3 is 5.97 Å². The molecule has 0 saturated carbocycles. The Hall–Kier alpha value is -2.68. The van der Waals surface area contributed by atoms with E-state index in [0.29, 0.717) is 37.4 Å². The molecule has 1 saturated heterocycles. The number of ether oxygens (including phenoxy) is 2. The average Bonchev–Trinajstić information content (AvgIpc) is 2.78. The second-order valence-corrected chi connectivity index (χ2v) is 8.14. The minimum Gasteiger partial charge on any atom is -0.494 e. The van der Waals surface area contributed by atoms with Crippen LogP contribution in [0.15, 0.2) is 24.3 Å². The molecular formula is C23H33N3O5S. The summed E-state index contributed by atoms with van der Waals surface area (Å²) in [6, 6.07) is 5.98. The summed E-state index contributed by atoms with van der Waals surface area (Å²) in [6.45, 7) is 7.24. The van der Waals surface area contributed by atoms with Crippen LogP contribution in [0, 0.1) is 0 Å². The fourth-order valence-corrected chi connectivity index (χ4v) is 3.47. The first-order valence-electron chi connectivity index (χ1n) is 11.2. The van der Waals surface area contributed by atoms with Gasteiger partial charge < -0.3 is 19.7 Å². The summed E-state index contributed by atoms with van der Waals surface area (Å²) in [5, 5.41) is 5.50. The predicted octanol–water partition coefficient (Wildman–Crippen LogP) is 2.80. The molecular weight excluding hydrogens is 430 g/mol. The Labute approximate surface area is 195 Å². The zero-order valence-electron chi connectivity index (χ0n) is 19.0. The smallest absolute Gasteiger partial charge is 0.308 e. The second kappa shape index (κ2) is 13.0. The van der Waals surface area contributed by atoms with Crippen molar-refractivity contribution in [1.29, 1.82) is 0 Å². The molecule has 2 atom stereocenters. The first-order valence-corrected chi connectivity index (χ1v) is 11.6. The van der Waals surface area contributed by atoms with Crippen LogP contribution < -0.4 is 15.4 Å². The van der Waals surface area contributed by atoms with Crippen molar-refractivity contribution in [3.8, 4) is 5.75 Å². The summed E-state index contributed by atoms with van der Waals surface area (Å²) in [5.74, 6) is -0.485. The van der Waals surface area contributed by atoms with Crippen molar-refractivity contribution < 1.29 is 23.9 Å². The molecule has 9 heteroatoms. The van der Waals surface area contributed by atoms with Crippen LogP contribution in [-0.2, 0) is 14.3 Å². The maximum Gasteiger partial charge on any atom is 0.308 e. The quantitative estimate of drug-likeness (QED) is 0.313. The van der Waals surface area contributed by atoms with Gasteiger partial charge in [0.15, 0.2) is 5.11 Å². The van der Waals surface area contributed by atoms with Gasteiger partial charge in [-0.15, -0.1) is 0 Å². The van der Waals surface area contributed by atoms with Crippen molar-refractivity contribution in [1.82, 2.24) is 15.5 Å². The number of benzene rings is 1. The molecule has 0 aromatic heterocycles. The number of thiocarbonyl (C=S) groups is 1. The van der Waals surface area contributed by atoms with Crippen molar-refractivity contribution in [2.75, 3.05) is 19.7 Å². The molecule has 8 nitrogen and oxygen atoms in total. The highest BCUT2D eigenvalue weighted by molar-refractivity contribution is 7.80. The van der Waals surface area contributed by atoms with E-state index in [4.69, 9.17) is 21.7 Å². The standard InChI is InChI=1S/C23H33N3O5S/c1-4-6-7-14-30-18-10-8-17(9-11-18)21(28)25-23(32)26-13-12-24-22(29)19(26)15-20(27)31-16(3)5-2/h8-11,16,19H,4-7,12-15H2,1-3H3,(H,24,29)(H,25,28,32). The lowest BCUT2D eigenvalue weighted by Crippen LogP contribution is -2.60. The number of carbonyl (C=O) groups is 3. The van der Waals surface area contributed by atoms with Crippen molar-refractivity contribution in [3.05, 3.63) is 29.8 Å². The summed E-state index contributed by atoms with van der Waals surface area (Å²) in [6.07, 6.45) is 3.54. The molecule has 1 aliphatic heterocycles. The van der Waals surface area contributed by atoms with Crippen LogP contribution in [0.3, 0.4) is 0 Å². The minimum absolute atomic E-state index is 0.103. The second-order valence-electron chi connectivity index (χ2n) is 7.75. The predicted molar refractivity (Wildman–Crippen MR) is 125 cm³/mol. The van der Waals surface area contributed by atoms with Gasteiger partial charge in [-0.05, 0) is 56.2 Å². The number of piperazine rings is 1. The van der Waals surface area contributed by atoms with E-state index in [-0.39, 0.29) is 29.5 Å². The summed E-state index contributed by atoms with van der Waals surface area (Å²) in [5.41, 5.74) is 0.419. The normalized spacial score (nSPS) is 16.7. The Balaban J connectivity index is 1.95. The van der Waals surface area contributed by atoms with Gasteiger partial charge in [-0.3, -0.25) is 19.7 Å². The third-order valence-electron chi connectivity index (χ3n) is 5.21. The molecule has 0 radical (unpaired) electrons. The van der Waals surface area contributed by atoms with Crippen molar-refractivity contribution in [2.45, 2.75) is 65.0 Å². The van der Waals surface area contributed by atoms with Crippen LogP contribution in [0.4, 0.5) is 0 Å². The highest BCUT2D eigenvalue weighted by Crippen LogP contribution is 2.15. The fraction of sp³-hybridized carbons (Fsp3) is 0.565. The fourth-order valence-electron chi connectivity index (χ4n) is 3.16. The van der Waals surface area contributed by atoms with E-state index in [1.54, 1.807) is 36.1 Å². The van der Waals surface area contributed by atoms with Crippen LogP contribution in [0.2, 0.25) is 0 Å². The number of unbranched alkanes of at least 4 members (excludes halogenated alkanes) is 2. The number of nitrogens with one attached hydrogen (secondary N) is 2. The third kappa shape index (κ3) is 7.78. The topological polar surface area (TPSA) is 97.0 Å². The molecule has 0 spiro atoms. The van der Waals surface area contributed by atoms with Gasteiger partial charge in [0.25, 0.3) is 5.91 Å². The number of nitrogens with zero attached hydrogens (tertiary/aromatic N) is 1. The molecule has 2 unspecified atom stereocenters. The average molecular weight is 464 g/mol. The van der Waals surface area contributed by atoms with Crippen LogP contribution in [0.1, 0.15) is 63.2 Å². The number of hydrogen-bond acceptors (Lipinski definition) is 6. The van der Waals surface area contributed by atoms with Crippen LogP contribution in [-0.4, -0.2) is 59.6 Å². The van der Waals surface area contributed by atoms with E-state index in [2.05, 4.69) is 17.6 Å². The minimum atomic E-state index is -0.827. The molecule has 1 aromatic rings. The van der Waals surface area contributed by atoms with Crippen molar-refractivity contribution in [2.24, 2.45) is 0 Å². The largest absolute Gasteiger partial charge is 0.494 e. The van der Waals surface area contributed by atoms with Crippen LogP contribution >= 0.6 is 12.2 Å². The molecule has 1 aliphatic rings. The highest BCUT2D eigenvalue weighted by atomic mass is 32.1. The van der Waals surface area contributed by atoms with Crippen molar-refractivity contribution in [3.63, 3.8) is 0 Å². The Morgan fingerprint density at radius 3 is 2.62 bits per heavy atom. The molecule has 176 valence electrons. The van der Waals surface area contributed by atoms with E-state index in [1.165, 1.54) is 0 Å². The van der Waals surface area contributed by atoms with Crippen LogP contribution in [0.25, 0.3) is 0 Å². The SMILES string of the molecule is CCCCCOc1ccc(C(=O)NC(=S)N2CCNC(=O)C2CC(=O)OC(C)CC)cc1. The Morgan fingerprint density at radius 2 is 1.97 bits per heavy atom. The molecule has 2 N–H and O–H groups in total. The van der Waals surface area contributed by atoms with Gasteiger partial charge in [-0.1, -0.05) is 26.7 Å². The Kier molecular flexibility index (Phi) is 10.4. The number of rotatable bonds is 10. The molecule has 1 heterocycles. The molecule has 2 amide bonds. The van der Waals surface area contributed by atoms with E-state index in [0.717, 1.165) is 19.3 Å². The monoisotopic (exact) mass is 463 g/mol. The van der Waals surface area contributed by atoms with Gasteiger partial charge in [0.1, 0.15) is 11.8 Å². The lowest BCUT2D eigenvalue weighted by atomic mass is 10.1. The molecule has 1 fully saturated rings. The number of carbonyl (C=O) groups excluding carboxylic acids is 3. The maximum absolute atomic E-state index is 12.6. The zero-order chi connectivity index (χ0) is 23.5. The lowest BCUT2D eigenvalue weighted by molar-refractivity contribution is -0.151. The maximum atomic E-state index is 12.6. The van der Waals surface area contributed by atoms with Crippen molar-refractivity contribution >= 4 is 35.1 Å². The van der Waals surface area contributed by atoms with E-state index in [9.17, 15) is 14.4 Å². The first-order chi connectivity index (χ1) is 15.3. The van der Waals surface area contributed by atoms with E-state index >= 15 is 0 Å². The number of esters is 1. The molecule has 2 rings (SSSR count). The molecule has 0 aliphatic carbocycles. The summed E-state index contributed by atoms with van der Waals surface area (Å²) >= 11 is 5.39. The lowest BCUT2D eigenvalue weighted by Gasteiger charge is -2.36. The van der Waals surface area contributed by atoms with Gasteiger partial charge in [0.05, 0.1) is 19.1 Å². The molecule has 0 bridgehead atoms. The number of amides is 2. The first kappa shape index (κ1) is 25.6.